The number of rotatable bonds is 3. The van der Waals surface area contributed by atoms with Crippen molar-refractivity contribution in [3.05, 3.63) is 40.9 Å². The molecule has 64 valence electrons. The minimum absolute atomic E-state index is 0.779. The van der Waals surface area contributed by atoms with Crippen LogP contribution in [0.25, 0.3) is 6.08 Å². The number of benzene rings is 1. The van der Waals surface area contributed by atoms with Crippen LogP contribution in [-0.4, -0.2) is 13.6 Å². The van der Waals surface area contributed by atoms with Gasteiger partial charge in [-0.3, -0.25) is 0 Å². The molecule has 1 N–H and O–H groups in total. The van der Waals surface area contributed by atoms with Gasteiger partial charge in [0.05, 0.1) is 0 Å². The molecular formula is C10H12ClN. The second kappa shape index (κ2) is 4.96. The standard InChI is InChI=1S/C10H12ClN/c1-12-7-3-5-9-4-2-6-10(11)8-9/h2-6,8,12H,7H2,1H3. The number of halogens is 1. The van der Waals surface area contributed by atoms with Gasteiger partial charge in [0.1, 0.15) is 0 Å². The van der Waals surface area contributed by atoms with Crippen LogP contribution in [-0.2, 0) is 0 Å². The Morgan fingerprint density at radius 3 is 3.00 bits per heavy atom. The molecule has 0 unspecified atom stereocenters. The van der Waals surface area contributed by atoms with E-state index in [-0.39, 0.29) is 0 Å². The van der Waals surface area contributed by atoms with E-state index in [1.54, 1.807) is 0 Å². The molecule has 1 aromatic rings. The van der Waals surface area contributed by atoms with Gasteiger partial charge in [0, 0.05) is 11.6 Å². The van der Waals surface area contributed by atoms with E-state index in [0.717, 1.165) is 17.1 Å². The molecule has 1 aromatic carbocycles. The molecule has 0 saturated carbocycles. The predicted octanol–water partition coefficient (Wildman–Crippen LogP) is 2.57. The molecule has 0 fully saturated rings. The lowest BCUT2D eigenvalue weighted by Gasteiger charge is -1.93. The zero-order valence-electron chi connectivity index (χ0n) is 7.05. The maximum Gasteiger partial charge on any atom is 0.0411 e. The Morgan fingerprint density at radius 2 is 2.33 bits per heavy atom. The summed E-state index contributed by atoms with van der Waals surface area (Å²) < 4.78 is 0. The summed E-state index contributed by atoms with van der Waals surface area (Å²) >= 11 is 5.81. The van der Waals surface area contributed by atoms with E-state index in [2.05, 4.69) is 11.4 Å². The van der Waals surface area contributed by atoms with E-state index >= 15 is 0 Å². The van der Waals surface area contributed by atoms with Crippen LogP contribution in [0.15, 0.2) is 30.3 Å². The summed E-state index contributed by atoms with van der Waals surface area (Å²) in [7, 11) is 1.92. The molecule has 0 aliphatic carbocycles. The van der Waals surface area contributed by atoms with Gasteiger partial charge in [0.2, 0.25) is 0 Å². The van der Waals surface area contributed by atoms with Crippen LogP contribution in [0, 0.1) is 0 Å². The Bertz CT molecular complexity index is 268. The summed E-state index contributed by atoms with van der Waals surface area (Å²) in [6.45, 7) is 0.881. The summed E-state index contributed by atoms with van der Waals surface area (Å²) in [6.07, 6.45) is 4.11. The van der Waals surface area contributed by atoms with Gasteiger partial charge in [0.15, 0.2) is 0 Å². The van der Waals surface area contributed by atoms with Crippen molar-refractivity contribution in [2.24, 2.45) is 0 Å². The Labute approximate surface area is 78.1 Å². The number of hydrogen-bond donors (Lipinski definition) is 1. The van der Waals surface area contributed by atoms with Gasteiger partial charge >= 0.3 is 0 Å². The van der Waals surface area contributed by atoms with Gasteiger partial charge in [-0.05, 0) is 24.7 Å². The average molecular weight is 182 g/mol. The van der Waals surface area contributed by atoms with Gasteiger partial charge in [-0.25, -0.2) is 0 Å². The second-order valence-electron chi connectivity index (χ2n) is 2.52. The van der Waals surface area contributed by atoms with E-state index in [4.69, 9.17) is 11.6 Å². The third-order valence-electron chi connectivity index (χ3n) is 1.48. The van der Waals surface area contributed by atoms with E-state index in [9.17, 15) is 0 Å². The van der Waals surface area contributed by atoms with Crippen molar-refractivity contribution < 1.29 is 0 Å². The van der Waals surface area contributed by atoms with Crippen LogP contribution in [0.2, 0.25) is 5.02 Å². The van der Waals surface area contributed by atoms with E-state index in [1.807, 2.05) is 37.4 Å². The van der Waals surface area contributed by atoms with Crippen molar-refractivity contribution in [3.63, 3.8) is 0 Å². The van der Waals surface area contributed by atoms with Crippen LogP contribution < -0.4 is 5.32 Å². The molecular weight excluding hydrogens is 170 g/mol. The van der Waals surface area contributed by atoms with Crippen molar-refractivity contribution in [2.75, 3.05) is 13.6 Å². The lowest BCUT2D eigenvalue weighted by atomic mass is 10.2. The van der Waals surface area contributed by atoms with Crippen molar-refractivity contribution >= 4 is 17.7 Å². The quantitative estimate of drug-likeness (QED) is 0.756. The van der Waals surface area contributed by atoms with Gasteiger partial charge in [-0.2, -0.15) is 0 Å². The van der Waals surface area contributed by atoms with Crippen LogP contribution in [0.1, 0.15) is 5.56 Å². The highest BCUT2D eigenvalue weighted by Gasteiger charge is 1.87. The first-order chi connectivity index (χ1) is 5.83. The Balaban J connectivity index is 2.63. The highest BCUT2D eigenvalue weighted by molar-refractivity contribution is 6.30. The van der Waals surface area contributed by atoms with Crippen LogP contribution in [0.4, 0.5) is 0 Å². The van der Waals surface area contributed by atoms with Crippen molar-refractivity contribution in [1.29, 1.82) is 0 Å². The molecule has 0 heterocycles. The molecule has 0 aliphatic rings. The fourth-order valence-corrected chi connectivity index (χ4v) is 1.12. The fourth-order valence-electron chi connectivity index (χ4n) is 0.923. The van der Waals surface area contributed by atoms with Gasteiger partial charge in [-0.1, -0.05) is 35.9 Å². The third kappa shape index (κ3) is 3.07. The number of nitrogens with one attached hydrogen (secondary N) is 1. The van der Waals surface area contributed by atoms with Crippen molar-refractivity contribution in [1.82, 2.24) is 5.32 Å². The molecule has 0 amide bonds. The molecule has 0 bridgehead atoms. The van der Waals surface area contributed by atoms with E-state index in [1.165, 1.54) is 0 Å². The summed E-state index contributed by atoms with van der Waals surface area (Å²) in [5.74, 6) is 0. The molecule has 1 nitrogen and oxygen atoms in total. The lowest BCUT2D eigenvalue weighted by Crippen LogP contribution is -2.03. The van der Waals surface area contributed by atoms with Crippen molar-refractivity contribution in [3.8, 4) is 0 Å². The number of hydrogen-bond acceptors (Lipinski definition) is 1. The highest BCUT2D eigenvalue weighted by atomic mass is 35.5. The molecule has 0 saturated heterocycles. The summed E-state index contributed by atoms with van der Waals surface area (Å²) in [6, 6.07) is 7.78. The van der Waals surface area contributed by atoms with Gasteiger partial charge < -0.3 is 5.32 Å². The first-order valence-electron chi connectivity index (χ1n) is 3.89. The Morgan fingerprint density at radius 1 is 1.50 bits per heavy atom. The second-order valence-corrected chi connectivity index (χ2v) is 2.95. The van der Waals surface area contributed by atoms with Gasteiger partial charge in [0.25, 0.3) is 0 Å². The monoisotopic (exact) mass is 181 g/mol. The zero-order valence-corrected chi connectivity index (χ0v) is 7.81. The maximum atomic E-state index is 5.81. The lowest BCUT2D eigenvalue weighted by molar-refractivity contribution is 0.922. The number of likely N-dealkylation sites (N-methyl/N-ethyl adjacent to an activating group) is 1. The highest BCUT2D eigenvalue weighted by Crippen LogP contribution is 2.11. The molecule has 2 heteroatoms. The molecule has 1 rings (SSSR count). The normalized spacial score (nSPS) is 10.8. The van der Waals surface area contributed by atoms with Crippen LogP contribution in [0.5, 0.6) is 0 Å². The van der Waals surface area contributed by atoms with Crippen LogP contribution >= 0.6 is 11.6 Å². The minimum atomic E-state index is 0.779. The van der Waals surface area contributed by atoms with Crippen molar-refractivity contribution in [2.45, 2.75) is 0 Å². The zero-order chi connectivity index (χ0) is 8.81. The fraction of sp³-hybridized carbons (Fsp3) is 0.200. The average Bonchev–Trinajstić information content (AvgIpc) is 2.05. The third-order valence-corrected chi connectivity index (χ3v) is 1.72. The van der Waals surface area contributed by atoms with Gasteiger partial charge in [-0.15, -0.1) is 0 Å². The molecule has 0 aliphatic heterocycles. The first-order valence-corrected chi connectivity index (χ1v) is 4.27. The smallest absolute Gasteiger partial charge is 0.0411 e. The topological polar surface area (TPSA) is 12.0 Å². The first kappa shape index (κ1) is 9.30. The molecule has 0 spiro atoms. The maximum absolute atomic E-state index is 5.81. The molecule has 0 radical (unpaired) electrons. The SMILES string of the molecule is CNCC=Cc1cccc(Cl)c1. The molecule has 0 aromatic heterocycles. The van der Waals surface area contributed by atoms with E-state index < -0.39 is 0 Å². The molecule has 0 atom stereocenters. The summed E-state index contributed by atoms with van der Waals surface area (Å²) in [4.78, 5) is 0. The summed E-state index contributed by atoms with van der Waals surface area (Å²) in [5, 5.41) is 3.81. The minimum Gasteiger partial charge on any atom is -0.316 e. The predicted molar refractivity (Wildman–Crippen MR) is 54.4 cm³/mol. The largest absolute Gasteiger partial charge is 0.316 e. The molecule has 12 heavy (non-hydrogen) atoms. The Hall–Kier alpha value is -0.790. The summed E-state index contributed by atoms with van der Waals surface area (Å²) in [5.41, 5.74) is 1.14. The Kier molecular flexibility index (Phi) is 3.85. The van der Waals surface area contributed by atoms with Crippen LogP contribution in [0.3, 0.4) is 0 Å². The van der Waals surface area contributed by atoms with E-state index in [0.29, 0.717) is 0 Å².